The van der Waals surface area contributed by atoms with Crippen molar-refractivity contribution in [2.24, 2.45) is 0 Å². The van der Waals surface area contributed by atoms with Crippen LogP contribution in [0.5, 0.6) is 0 Å². The molecule has 0 aliphatic carbocycles. The Bertz CT molecular complexity index is 449. The number of likely N-dealkylation sites (N-methyl/N-ethyl adjacent to an activating group) is 2. The molecule has 1 aromatic carbocycles. The van der Waals surface area contributed by atoms with Gasteiger partial charge in [0.25, 0.3) is 0 Å². The molecule has 0 spiro atoms. The number of nitrogens with zero attached hydrogens (tertiary/aromatic N) is 2. The lowest BCUT2D eigenvalue weighted by Gasteiger charge is -2.27. The first kappa shape index (κ1) is 17.0. The highest BCUT2D eigenvalue weighted by atomic mass is 79.9. The van der Waals surface area contributed by atoms with Crippen LogP contribution in [-0.2, 0) is 11.3 Å². The van der Waals surface area contributed by atoms with Crippen molar-refractivity contribution in [3.05, 3.63) is 28.2 Å². The molecule has 1 N–H and O–H groups in total. The van der Waals surface area contributed by atoms with Crippen LogP contribution in [0.4, 0.5) is 5.69 Å². The molecule has 0 heterocycles. The molecule has 0 unspecified atom stereocenters. The van der Waals surface area contributed by atoms with E-state index >= 15 is 0 Å². The fourth-order valence-electron chi connectivity index (χ4n) is 1.94. The summed E-state index contributed by atoms with van der Waals surface area (Å²) >= 11 is 3.51. The largest absolute Gasteiger partial charge is 0.362 e. The molecule has 0 aromatic heterocycles. The lowest BCUT2D eigenvalue weighted by atomic mass is 10.1. The van der Waals surface area contributed by atoms with Gasteiger partial charge < -0.3 is 15.1 Å². The molecular formula is C15H24BrN3O. The van der Waals surface area contributed by atoms with E-state index in [1.165, 1.54) is 5.56 Å². The molecule has 1 amide bonds. The summed E-state index contributed by atoms with van der Waals surface area (Å²) in [4.78, 5) is 15.7. The fraction of sp³-hybridized carbons (Fsp3) is 0.533. The van der Waals surface area contributed by atoms with Gasteiger partial charge in [-0.3, -0.25) is 4.79 Å². The summed E-state index contributed by atoms with van der Waals surface area (Å²) in [6.45, 7) is 7.10. The highest BCUT2D eigenvalue weighted by molar-refractivity contribution is 9.10. The normalized spacial score (nSPS) is 10.4. The molecule has 0 saturated heterocycles. The van der Waals surface area contributed by atoms with Crippen LogP contribution in [0.2, 0.25) is 0 Å². The zero-order valence-corrected chi connectivity index (χ0v) is 14.3. The Morgan fingerprint density at radius 3 is 2.55 bits per heavy atom. The summed E-state index contributed by atoms with van der Waals surface area (Å²) in [5.74, 6) is 0.115. The van der Waals surface area contributed by atoms with Crippen LogP contribution >= 0.6 is 15.9 Å². The molecule has 0 bridgehead atoms. The smallest absolute Gasteiger partial charge is 0.241 e. The number of nitrogens with one attached hydrogen (secondary N) is 1. The topological polar surface area (TPSA) is 35.6 Å². The molecular weight excluding hydrogens is 318 g/mol. The molecule has 1 aromatic rings. The van der Waals surface area contributed by atoms with Crippen molar-refractivity contribution in [2.45, 2.75) is 20.4 Å². The van der Waals surface area contributed by atoms with Crippen molar-refractivity contribution in [1.29, 1.82) is 0 Å². The minimum absolute atomic E-state index is 0.115. The van der Waals surface area contributed by atoms with Crippen molar-refractivity contribution < 1.29 is 4.79 Å². The Hall–Kier alpha value is -1.07. The lowest BCUT2D eigenvalue weighted by molar-refractivity contribution is -0.127. The average Bonchev–Trinajstić information content (AvgIpc) is 2.42. The van der Waals surface area contributed by atoms with Crippen molar-refractivity contribution in [3.63, 3.8) is 0 Å². The maximum atomic E-state index is 11.9. The summed E-state index contributed by atoms with van der Waals surface area (Å²) in [5, 5.41) is 3.34. The van der Waals surface area contributed by atoms with Gasteiger partial charge in [0.2, 0.25) is 5.91 Å². The molecule has 5 heteroatoms. The summed E-state index contributed by atoms with van der Waals surface area (Å²) in [5.41, 5.74) is 2.32. The number of carbonyl (C=O) groups excluding carboxylic acids is 1. The van der Waals surface area contributed by atoms with Gasteiger partial charge >= 0.3 is 0 Å². The van der Waals surface area contributed by atoms with Gasteiger partial charge in [-0.25, -0.2) is 0 Å². The maximum Gasteiger partial charge on any atom is 0.241 e. The lowest BCUT2D eigenvalue weighted by Crippen LogP contribution is -2.37. The highest BCUT2D eigenvalue weighted by Crippen LogP contribution is 2.24. The molecule has 1 rings (SSSR count). The molecule has 0 radical (unpaired) electrons. The number of carbonyl (C=O) groups is 1. The average molecular weight is 342 g/mol. The summed E-state index contributed by atoms with van der Waals surface area (Å²) in [6.07, 6.45) is 0. The first-order chi connectivity index (χ1) is 9.49. The summed E-state index contributed by atoms with van der Waals surface area (Å²) in [6, 6.07) is 6.21. The number of amides is 1. The maximum absolute atomic E-state index is 11.9. The molecule has 112 valence electrons. The Morgan fingerprint density at radius 1 is 1.30 bits per heavy atom. The molecule has 0 fully saturated rings. The number of anilines is 1. The molecule has 20 heavy (non-hydrogen) atoms. The van der Waals surface area contributed by atoms with Gasteiger partial charge in [0.1, 0.15) is 0 Å². The third-order valence-electron chi connectivity index (χ3n) is 3.15. The minimum atomic E-state index is 0.115. The van der Waals surface area contributed by atoms with Crippen LogP contribution in [0.25, 0.3) is 0 Å². The minimum Gasteiger partial charge on any atom is -0.362 e. The van der Waals surface area contributed by atoms with E-state index in [4.69, 9.17) is 0 Å². The summed E-state index contributed by atoms with van der Waals surface area (Å²) in [7, 11) is 3.58. The predicted octanol–water partition coefficient (Wildman–Crippen LogP) is 2.47. The standard InChI is InChI=1S/C15H24BrN3O/c1-5-17-10-12-9-13(16)7-8-14(12)19(6-2)11-15(20)18(3)4/h7-9,17H,5-6,10-11H2,1-4H3. The third kappa shape index (κ3) is 4.80. The highest BCUT2D eigenvalue weighted by Gasteiger charge is 2.14. The third-order valence-corrected chi connectivity index (χ3v) is 3.65. The van der Waals surface area contributed by atoms with Gasteiger partial charge in [-0.2, -0.15) is 0 Å². The molecule has 0 aliphatic rings. The van der Waals surface area contributed by atoms with E-state index in [-0.39, 0.29) is 5.91 Å². The van der Waals surface area contributed by atoms with Crippen LogP contribution in [0.15, 0.2) is 22.7 Å². The second kappa shape index (κ2) is 8.27. The molecule has 0 saturated carbocycles. The first-order valence-electron chi connectivity index (χ1n) is 6.93. The van der Waals surface area contributed by atoms with E-state index in [0.29, 0.717) is 6.54 Å². The predicted molar refractivity (Wildman–Crippen MR) is 88.1 cm³/mol. The molecule has 0 atom stereocenters. The number of hydrogen-bond donors (Lipinski definition) is 1. The number of rotatable bonds is 7. The Kier molecular flexibility index (Phi) is 7.02. The van der Waals surface area contributed by atoms with Crippen molar-refractivity contribution in [1.82, 2.24) is 10.2 Å². The van der Waals surface area contributed by atoms with Crippen molar-refractivity contribution in [3.8, 4) is 0 Å². The second-order valence-corrected chi connectivity index (χ2v) is 5.77. The Labute approximate surface area is 130 Å². The molecule has 0 aliphatic heterocycles. The summed E-state index contributed by atoms with van der Waals surface area (Å²) < 4.78 is 1.06. The second-order valence-electron chi connectivity index (χ2n) is 4.86. The van der Waals surface area contributed by atoms with Gasteiger partial charge in [0.05, 0.1) is 6.54 Å². The van der Waals surface area contributed by atoms with E-state index in [1.54, 1.807) is 19.0 Å². The van der Waals surface area contributed by atoms with Crippen LogP contribution in [-0.4, -0.2) is 44.5 Å². The SMILES string of the molecule is CCNCc1cc(Br)ccc1N(CC)CC(=O)N(C)C. The quantitative estimate of drug-likeness (QED) is 0.827. The van der Waals surface area contributed by atoms with E-state index in [1.807, 2.05) is 6.07 Å². The number of benzene rings is 1. The van der Waals surface area contributed by atoms with Gasteiger partial charge in [-0.05, 0) is 37.2 Å². The van der Waals surface area contributed by atoms with Crippen molar-refractivity contribution >= 4 is 27.5 Å². The Balaban J connectivity index is 2.98. The van der Waals surface area contributed by atoms with Gasteiger partial charge in [-0.1, -0.05) is 22.9 Å². The van der Waals surface area contributed by atoms with E-state index in [9.17, 15) is 4.79 Å². The van der Waals surface area contributed by atoms with Crippen LogP contribution in [0.3, 0.4) is 0 Å². The van der Waals surface area contributed by atoms with Crippen molar-refractivity contribution in [2.75, 3.05) is 38.6 Å². The fourth-order valence-corrected chi connectivity index (χ4v) is 2.34. The van der Waals surface area contributed by atoms with Crippen LogP contribution < -0.4 is 10.2 Å². The van der Waals surface area contributed by atoms with E-state index < -0.39 is 0 Å². The zero-order valence-electron chi connectivity index (χ0n) is 12.7. The van der Waals surface area contributed by atoms with Gasteiger partial charge in [-0.15, -0.1) is 0 Å². The van der Waals surface area contributed by atoms with Gasteiger partial charge in [0, 0.05) is 37.3 Å². The first-order valence-corrected chi connectivity index (χ1v) is 7.73. The molecule has 4 nitrogen and oxygen atoms in total. The van der Waals surface area contributed by atoms with E-state index in [0.717, 1.165) is 29.8 Å². The Morgan fingerprint density at radius 2 is 2.00 bits per heavy atom. The number of halogens is 1. The monoisotopic (exact) mass is 341 g/mol. The van der Waals surface area contributed by atoms with Crippen LogP contribution in [0, 0.1) is 0 Å². The van der Waals surface area contributed by atoms with E-state index in [2.05, 4.69) is 52.1 Å². The van der Waals surface area contributed by atoms with Crippen LogP contribution in [0.1, 0.15) is 19.4 Å². The zero-order chi connectivity index (χ0) is 15.1. The number of hydrogen-bond acceptors (Lipinski definition) is 3. The van der Waals surface area contributed by atoms with Gasteiger partial charge in [0.15, 0.2) is 0 Å².